The largest absolute Gasteiger partial charge is 0.383 e. The second kappa shape index (κ2) is 5.59. The topological polar surface area (TPSA) is 39.1 Å². The van der Waals surface area contributed by atoms with Gasteiger partial charge in [-0.05, 0) is 32.3 Å². The quantitative estimate of drug-likeness (QED) is 0.851. The molecule has 0 bridgehead atoms. The third-order valence-electron chi connectivity index (χ3n) is 1.97. The Morgan fingerprint density at radius 3 is 2.80 bits per heavy atom. The Morgan fingerprint density at radius 2 is 2.20 bits per heavy atom. The number of likely N-dealkylation sites (N-methyl/N-ethyl adjacent to an activating group) is 1. The fourth-order valence-electron chi connectivity index (χ4n) is 1.14. The first-order valence-corrected chi connectivity index (χ1v) is 5.09. The zero-order valence-corrected chi connectivity index (χ0v) is 9.67. The van der Waals surface area contributed by atoms with Crippen LogP contribution >= 0.6 is 11.6 Å². The number of halogens is 1. The summed E-state index contributed by atoms with van der Waals surface area (Å²) in [5.41, 5.74) is 1.43. The molecule has 80 valence electrons. The van der Waals surface area contributed by atoms with Gasteiger partial charge in [-0.3, -0.25) is 0 Å². The fraction of sp³-hybridized carbons (Fsp3) is 0.364. The highest BCUT2D eigenvalue weighted by Crippen LogP contribution is 2.22. The van der Waals surface area contributed by atoms with E-state index in [1.807, 2.05) is 14.1 Å². The molecule has 0 aliphatic heterocycles. The van der Waals surface area contributed by atoms with Crippen molar-refractivity contribution in [1.29, 1.82) is 5.26 Å². The van der Waals surface area contributed by atoms with Gasteiger partial charge < -0.3 is 10.2 Å². The van der Waals surface area contributed by atoms with E-state index in [1.54, 1.807) is 18.2 Å². The van der Waals surface area contributed by atoms with Crippen LogP contribution < -0.4 is 5.32 Å². The average Bonchev–Trinajstić information content (AvgIpc) is 2.20. The predicted octanol–water partition coefficient (Wildman–Crippen LogP) is 2.19. The highest BCUT2D eigenvalue weighted by atomic mass is 35.5. The number of nitrogens with one attached hydrogen (secondary N) is 1. The maximum atomic E-state index is 8.74. The molecule has 1 aromatic rings. The minimum absolute atomic E-state index is 0.617. The fourth-order valence-corrected chi connectivity index (χ4v) is 1.33. The molecular formula is C11H14ClN3. The lowest BCUT2D eigenvalue weighted by Crippen LogP contribution is -2.20. The van der Waals surface area contributed by atoms with Gasteiger partial charge in [0.05, 0.1) is 22.3 Å². The minimum Gasteiger partial charge on any atom is -0.383 e. The van der Waals surface area contributed by atoms with E-state index in [1.165, 1.54) is 0 Å². The molecule has 0 aliphatic rings. The maximum absolute atomic E-state index is 8.74. The molecule has 0 aromatic heterocycles. The number of benzene rings is 1. The molecule has 0 saturated carbocycles. The predicted molar refractivity (Wildman–Crippen MR) is 63.2 cm³/mol. The van der Waals surface area contributed by atoms with Crippen molar-refractivity contribution in [3.63, 3.8) is 0 Å². The van der Waals surface area contributed by atoms with Gasteiger partial charge in [0.2, 0.25) is 0 Å². The number of anilines is 1. The van der Waals surface area contributed by atoms with Crippen LogP contribution in [0.25, 0.3) is 0 Å². The molecule has 1 rings (SSSR count). The Balaban J connectivity index is 2.64. The average molecular weight is 224 g/mol. The molecule has 0 spiro atoms. The van der Waals surface area contributed by atoms with Crippen molar-refractivity contribution in [2.45, 2.75) is 0 Å². The lowest BCUT2D eigenvalue weighted by Gasteiger charge is -2.12. The summed E-state index contributed by atoms with van der Waals surface area (Å²) in [5, 5.41) is 12.6. The van der Waals surface area contributed by atoms with Crippen LogP contribution in [0.3, 0.4) is 0 Å². The molecule has 0 heterocycles. The van der Waals surface area contributed by atoms with E-state index in [9.17, 15) is 0 Å². The van der Waals surface area contributed by atoms with Crippen LogP contribution in [-0.2, 0) is 0 Å². The highest BCUT2D eigenvalue weighted by Gasteiger charge is 2.01. The van der Waals surface area contributed by atoms with Gasteiger partial charge >= 0.3 is 0 Å². The Labute approximate surface area is 95.3 Å². The van der Waals surface area contributed by atoms with E-state index in [0.717, 1.165) is 18.8 Å². The summed E-state index contributed by atoms with van der Waals surface area (Å²) in [7, 11) is 4.02. The number of hydrogen-bond donors (Lipinski definition) is 1. The van der Waals surface area contributed by atoms with Crippen molar-refractivity contribution in [3.8, 4) is 6.07 Å². The Hall–Kier alpha value is -1.24. The number of hydrogen-bond acceptors (Lipinski definition) is 3. The minimum atomic E-state index is 0.617. The summed E-state index contributed by atoms with van der Waals surface area (Å²) < 4.78 is 0. The number of nitrogens with zero attached hydrogens (tertiary/aromatic N) is 2. The molecule has 0 amide bonds. The normalized spacial score (nSPS) is 10.1. The molecule has 0 radical (unpaired) electrons. The van der Waals surface area contributed by atoms with Gasteiger partial charge in [0.15, 0.2) is 0 Å². The Kier molecular flexibility index (Phi) is 4.41. The number of rotatable bonds is 4. The van der Waals surface area contributed by atoms with E-state index in [-0.39, 0.29) is 0 Å². The smallest absolute Gasteiger partial charge is 0.0992 e. The molecular weight excluding hydrogens is 210 g/mol. The molecule has 0 saturated heterocycles. The summed E-state index contributed by atoms with van der Waals surface area (Å²) in [4.78, 5) is 2.08. The standard InChI is InChI=1S/C11H14ClN3/c1-15(2)6-5-14-11-7-9(8-13)3-4-10(11)12/h3-4,7,14H,5-6H2,1-2H3. The van der Waals surface area contributed by atoms with Crippen LogP contribution in [0.1, 0.15) is 5.56 Å². The second-order valence-corrected chi connectivity index (χ2v) is 3.94. The summed E-state index contributed by atoms with van der Waals surface area (Å²) in [6, 6.07) is 7.29. The van der Waals surface area contributed by atoms with Crippen molar-refractivity contribution in [2.75, 3.05) is 32.5 Å². The molecule has 0 atom stereocenters. The van der Waals surface area contributed by atoms with E-state index >= 15 is 0 Å². The van der Waals surface area contributed by atoms with Gasteiger partial charge in [0, 0.05) is 13.1 Å². The zero-order valence-electron chi connectivity index (χ0n) is 8.92. The molecule has 1 aromatic carbocycles. The van der Waals surface area contributed by atoms with E-state index in [0.29, 0.717) is 10.6 Å². The van der Waals surface area contributed by atoms with Gasteiger partial charge in [0.25, 0.3) is 0 Å². The molecule has 0 unspecified atom stereocenters. The lowest BCUT2D eigenvalue weighted by molar-refractivity contribution is 0.425. The third kappa shape index (κ3) is 3.78. The van der Waals surface area contributed by atoms with Crippen LogP contribution in [0.5, 0.6) is 0 Å². The van der Waals surface area contributed by atoms with Gasteiger partial charge in [-0.15, -0.1) is 0 Å². The molecule has 1 N–H and O–H groups in total. The van der Waals surface area contributed by atoms with Gasteiger partial charge in [-0.2, -0.15) is 5.26 Å². The van der Waals surface area contributed by atoms with Crippen LogP contribution in [0.15, 0.2) is 18.2 Å². The van der Waals surface area contributed by atoms with E-state index in [4.69, 9.17) is 16.9 Å². The van der Waals surface area contributed by atoms with Gasteiger partial charge in [-0.1, -0.05) is 11.6 Å². The maximum Gasteiger partial charge on any atom is 0.0992 e. The first kappa shape index (κ1) is 11.8. The van der Waals surface area contributed by atoms with E-state index in [2.05, 4.69) is 16.3 Å². The second-order valence-electron chi connectivity index (χ2n) is 3.54. The summed E-state index contributed by atoms with van der Waals surface area (Å²) in [5.74, 6) is 0. The van der Waals surface area contributed by atoms with Gasteiger partial charge in [0.1, 0.15) is 0 Å². The molecule has 0 fully saturated rings. The molecule has 3 nitrogen and oxygen atoms in total. The summed E-state index contributed by atoms with van der Waals surface area (Å²) in [6.07, 6.45) is 0. The van der Waals surface area contributed by atoms with Crippen molar-refractivity contribution in [1.82, 2.24) is 4.90 Å². The first-order chi connectivity index (χ1) is 7.13. The highest BCUT2D eigenvalue weighted by molar-refractivity contribution is 6.33. The van der Waals surface area contributed by atoms with Crippen LogP contribution in [-0.4, -0.2) is 32.1 Å². The lowest BCUT2D eigenvalue weighted by atomic mass is 10.2. The molecule has 0 aliphatic carbocycles. The summed E-state index contributed by atoms with van der Waals surface area (Å²) >= 11 is 5.98. The molecule has 4 heteroatoms. The van der Waals surface area contributed by atoms with Crippen molar-refractivity contribution < 1.29 is 0 Å². The zero-order chi connectivity index (χ0) is 11.3. The third-order valence-corrected chi connectivity index (χ3v) is 2.30. The first-order valence-electron chi connectivity index (χ1n) is 4.71. The number of nitriles is 1. The van der Waals surface area contributed by atoms with Crippen LogP contribution in [0.2, 0.25) is 5.02 Å². The van der Waals surface area contributed by atoms with E-state index < -0.39 is 0 Å². The monoisotopic (exact) mass is 223 g/mol. The van der Waals surface area contributed by atoms with Crippen LogP contribution in [0.4, 0.5) is 5.69 Å². The van der Waals surface area contributed by atoms with Crippen molar-refractivity contribution in [2.24, 2.45) is 0 Å². The van der Waals surface area contributed by atoms with Crippen LogP contribution in [0, 0.1) is 11.3 Å². The Bertz CT molecular complexity index is 369. The molecule has 15 heavy (non-hydrogen) atoms. The van der Waals surface area contributed by atoms with Crippen molar-refractivity contribution in [3.05, 3.63) is 28.8 Å². The Morgan fingerprint density at radius 1 is 1.47 bits per heavy atom. The summed E-state index contributed by atoms with van der Waals surface area (Å²) in [6.45, 7) is 1.73. The SMILES string of the molecule is CN(C)CCNc1cc(C#N)ccc1Cl. The van der Waals surface area contributed by atoms with Crippen molar-refractivity contribution >= 4 is 17.3 Å². The van der Waals surface area contributed by atoms with Gasteiger partial charge in [-0.25, -0.2) is 0 Å².